The van der Waals surface area contributed by atoms with Crippen molar-refractivity contribution >= 4 is 57.9 Å². The van der Waals surface area contributed by atoms with Crippen LogP contribution >= 0.6 is 23.1 Å². The average molecular weight is 610 g/mol. The van der Waals surface area contributed by atoms with E-state index in [0.29, 0.717) is 5.57 Å². The van der Waals surface area contributed by atoms with Crippen LogP contribution in [0.4, 0.5) is 14.3 Å². The Labute approximate surface area is 240 Å². The van der Waals surface area contributed by atoms with Crippen molar-refractivity contribution in [3.63, 3.8) is 0 Å². The van der Waals surface area contributed by atoms with Gasteiger partial charge in [0, 0.05) is 29.7 Å². The van der Waals surface area contributed by atoms with Crippen molar-refractivity contribution in [2.45, 2.75) is 31.6 Å². The summed E-state index contributed by atoms with van der Waals surface area (Å²) in [6.45, 7) is 2.70. The lowest BCUT2D eigenvalue weighted by Crippen LogP contribution is -2.71. The maximum atomic E-state index is 13.6. The van der Waals surface area contributed by atoms with Crippen molar-refractivity contribution < 1.29 is 47.7 Å². The Morgan fingerprint density at radius 2 is 2.12 bits per heavy atom. The number of aromatic nitrogens is 1. The normalized spacial score (nSPS) is 19.0. The van der Waals surface area contributed by atoms with Gasteiger partial charge in [0.15, 0.2) is 10.8 Å². The summed E-state index contributed by atoms with van der Waals surface area (Å²) in [6, 6.07) is 4.27. The van der Waals surface area contributed by atoms with E-state index in [1.54, 1.807) is 6.92 Å². The molecule has 1 fully saturated rings. The maximum Gasteiger partial charge on any atom is 0.511 e. The molecule has 2 aliphatic rings. The number of nitrogens with one attached hydrogen (secondary N) is 1. The Bertz CT molecular complexity index is 1420. The number of benzene rings is 1. The minimum atomic E-state index is -1.37. The number of hydrogen-bond donors (Lipinski definition) is 3. The summed E-state index contributed by atoms with van der Waals surface area (Å²) in [5.41, 5.74) is 5.31. The summed E-state index contributed by atoms with van der Waals surface area (Å²) in [5.74, 6) is -2.73. The molecule has 2 aromatic rings. The van der Waals surface area contributed by atoms with Gasteiger partial charge in [0.05, 0.1) is 6.61 Å². The second-order valence-corrected chi connectivity index (χ2v) is 10.3. The molecule has 3 heterocycles. The van der Waals surface area contributed by atoms with Crippen LogP contribution in [0.2, 0.25) is 0 Å². The molecule has 4 rings (SSSR count). The van der Waals surface area contributed by atoms with Gasteiger partial charge in [-0.3, -0.25) is 14.5 Å². The van der Waals surface area contributed by atoms with Gasteiger partial charge in [-0.05, 0) is 19.1 Å². The molecule has 0 bridgehead atoms. The molecule has 2 amide bonds. The molecule has 0 aliphatic carbocycles. The summed E-state index contributed by atoms with van der Waals surface area (Å²) in [7, 11) is 0. The van der Waals surface area contributed by atoms with E-state index >= 15 is 0 Å². The molecule has 41 heavy (non-hydrogen) atoms. The number of fused-ring (bicyclic) bond motifs is 1. The zero-order valence-electron chi connectivity index (χ0n) is 21.6. The lowest BCUT2D eigenvalue weighted by Gasteiger charge is -2.49. The lowest BCUT2D eigenvalue weighted by molar-refractivity contribution is -0.169. The van der Waals surface area contributed by atoms with E-state index in [0.717, 1.165) is 22.3 Å². The first-order chi connectivity index (χ1) is 19.6. The first-order valence-corrected chi connectivity index (χ1v) is 13.9. The molecule has 1 aromatic heterocycles. The average Bonchev–Trinajstić information content (AvgIpc) is 3.35. The van der Waals surface area contributed by atoms with Gasteiger partial charge in [-0.2, -0.15) is 0 Å². The topological polar surface area (TPSA) is 192 Å². The summed E-state index contributed by atoms with van der Waals surface area (Å²) in [4.78, 5) is 55.9. The van der Waals surface area contributed by atoms with Gasteiger partial charge >= 0.3 is 12.1 Å². The predicted octanol–water partition coefficient (Wildman–Crippen LogP) is 1.84. The smallest absolute Gasteiger partial charge is 0.489 e. The van der Waals surface area contributed by atoms with E-state index in [9.17, 15) is 28.8 Å². The number of nitrogens with two attached hydrogens (primary N) is 1. The third-order valence-corrected chi connectivity index (χ3v) is 7.63. The first kappa shape index (κ1) is 29.6. The van der Waals surface area contributed by atoms with Crippen molar-refractivity contribution in [1.82, 2.24) is 15.2 Å². The fourth-order valence-electron chi connectivity index (χ4n) is 3.85. The third kappa shape index (κ3) is 6.68. The van der Waals surface area contributed by atoms with Crippen LogP contribution in [0.15, 0.2) is 46.1 Å². The molecule has 1 saturated heterocycles. The van der Waals surface area contributed by atoms with Gasteiger partial charge in [-0.1, -0.05) is 11.2 Å². The van der Waals surface area contributed by atoms with Crippen molar-refractivity contribution in [2.75, 3.05) is 24.7 Å². The number of nitrogen functional groups attached to an aromatic ring is 1. The van der Waals surface area contributed by atoms with E-state index in [2.05, 4.69) is 20.2 Å². The van der Waals surface area contributed by atoms with Crippen molar-refractivity contribution in [3.05, 3.63) is 52.4 Å². The Morgan fingerprint density at radius 3 is 2.78 bits per heavy atom. The van der Waals surface area contributed by atoms with E-state index in [1.165, 1.54) is 42.3 Å². The molecule has 3 atom stereocenters. The van der Waals surface area contributed by atoms with Gasteiger partial charge in [0.25, 0.3) is 11.8 Å². The molecule has 1 aromatic carbocycles. The number of carbonyl (C=O) groups is 4. The zero-order chi connectivity index (χ0) is 29.7. The van der Waals surface area contributed by atoms with Crippen LogP contribution in [0.5, 0.6) is 5.75 Å². The fraction of sp³-hybridized carbons (Fsp3) is 0.333. The minimum Gasteiger partial charge on any atom is -0.489 e. The standard InChI is InChI=1S/C24H24FN5O9S2/c1-3-36-24(34)39-11(2)38-22(33)18-12(8-37-14-6-4-5-13(25)7-14)9-40-21-17(20(32)30(18)21)28-19(31)16(29-35)15-10-41-23(26)27-15/h4-7,10-11,17,21,35H,3,8-9H2,1-2H3,(H2,26,27)(H,28,31)/t11?,17?,21-/m0/s1. The summed E-state index contributed by atoms with van der Waals surface area (Å²) < 4.78 is 34.1. The molecule has 0 radical (unpaired) electrons. The number of ether oxygens (including phenoxy) is 4. The number of esters is 1. The quantitative estimate of drug-likeness (QED) is 0.0886. The Balaban J connectivity index is 1.53. The maximum absolute atomic E-state index is 13.6. The Hall–Kier alpha value is -4.38. The summed E-state index contributed by atoms with van der Waals surface area (Å²) >= 11 is 2.25. The summed E-state index contributed by atoms with van der Waals surface area (Å²) in [6.07, 6.45) is -2.42. The van der Waals surface area contributed by atoms with Crippen molar-refractivity contribution in [1.29, 1.82) is 0 Å². The van der Waals surface area contributed by atoms with E-state index in [1.807, 2.05) is 0 Å². The number of anilines is 1. The van der Waals surface area contributed by atoms with Gasteiger partial charge in [-0.25, -0.2) is 19.0 Å². The molecule has 17 heteroatoms. The van der Waals surface area contributed by atoms with Crippen LogP contribution < -0.4 is 15.8 Å². The highest BCUT2D eigenvalue weighted by Gasteiger charge is 2.55. The number of rotatable bonds is 10. The number of nitrogens with zero attached hydrogens (tertiary/aromatic N) is 3. The molecule has 2 aliphatic heterocycles. The molecule has 4 N–H and O–H groups in total. The van der Waals surface area contributed by atoms with Crippen molar-refractivity contribution in [2.24, 2.45) is 5.16 Å². The van der Waals surface area contributed by atoms with Gasteiger partial charge in [-0.15, -0.1) is 23.1 Å². The van der Waals surface area contributed by atoms with Crippen LogP contribution in [0.25, 0.3) is 0 Å². The highest BCUT2D eigenvalue weighted by atomic mass is 32.2. The number of thioether (sulfide) groups is 1. The molecule has 14 nitrogen and oxygen atoms in total. The molecular formula is C24H24FN5O9S2. The number of carbonyl (C=O) groups excluding carboxylic acids is 4. The number of amides is 2. The van der Waals surface area contributed by atoms with E-state index in [4.69, 9.17) is 19.9 Å². The lowest BCUT2D eigenvalue weighted by atomic mass is 10.0. The van der Waals surface area contributed by atoms with Gasteiger partial charge in [0.2, 0.25) is 6.29 Å². The van der Waals surface area contributed by atoms with Crippen LogP contribution in [0.3, 0.4) is 0 Å². The van der Waals surface area contributed by atoms with Crippen LogP contribution in [0.1, 0.15) is 19.5 Å². The third-order valence-electron chi connectivity index (χ3n) is 5.61. The predicted molar refractivity (Wildman–Crippen MR) is 142 cm³/mol. The SMILES string of the molecule is CCOC(=O)OC(C)OC(=O)C1=C(COc2cccc(F)c2)CS[C@H]2C(NC(=O)C(=NO)c3csc(N)n3)C(=O)N12. The molecule has 0 spiro atoms. The highest BCUT2D eigenvalue weighted by molar-refractivity contribution is 8.00. The summed E-state index contributed by atoms with van der Waals surface area (Å²) in [5, 5.41) is 15.6. The highest BCUT2D eigenvalue weighted by Crippen LogP contribution is 2.41. The largest absolute Gasteiger partial charge is 0.511 e. The first-order valence-electron chi connectivity index (χ1n) is 12.0. The van der Waals surface area contributed by atoms with Crippen molar-refractivity contribution in [3.8, 4) is 5.75 Å². The minimum absolute atomic E-state index is 0.0176. The number of oxime groups is 1. The molecular weight excluding hydrogens is 585 g/mol. The van der Waals surface area contributed by atoms with Crippen LogP contribution in [-0.2, 0) is 28.6 Å². The van der Waals surface area contributed by atoms with Crippen LogP contribution in [-0.4, -0.2) is 81.4 Å². The number of hydrogen-bond acceptors (Lipinski definition) is 14. The number of β-lactam (4-membered cyclic amide) rings is 1. The fourth-order valence-corrected chi connectivity index (χ4v) is 5.72. The number of halogens is 1. The molecule has 0 saturated carbocycles. The Kier molecular flexibility index (Phi) is 9.28. The van der Waals surface area contributed by atoms with E-state index < -0.39 is 53.2 Å². The molecule has 2 unspecified atom stereocenters. The van der Waals surface area contributed by atoms with Gasteiger partial charge in [0.1, 0.15) is 41.0 Å². The van der Waals surface area contributed by atoms with Gasteiger partial charge < -0.3 is 35.2 Å². The zero-order valence-corrected chi connectivity index (χ0v) is 23.2. The van der Waals surface area contributed by atoms with Crippen LogP contribution in [0, 0.1) is 5.82 Å². The second-order valence-electron chi connectivity index (χ2n) is 8.35. The van der Waals surface area contributed by atoms with E-state index in [-0.39, 0.29) is 41.2 Å². The second kappa shape index (κ2) is 12.9. The monoisotopic (exact) mass is 609 g/mol. The number of thiazole rings is 1. The molecule has 218 valence electrons. The Morgan fingerprint density at radius 1 is 1.34 bits per heavy atom.